The lowest BCUT2D eigenvalue weighted by Crippen LogP contribution is -2.39. The highest BCUT2D eigenvalue weighted by atomic mass is 16.5. The number of amides is 1. The average Bonchev–Trinajstić information content (AvgIpc) is 2.52. The molecule has 0 saturated carbocycles. The molecule has 1 amide bonds. The Morgan fingerprint density at radius 2 is 1.55 bits per heavy atom. The van der Waals surface area contributed by atoms with Crippen LogP contribution in [0.2, 0.25) is 0 Å². The predicted molar refractivity (Wildman–Crippen MR) is 77.6 cm³/mol. The number of carbonyl (C=O) groups is 3. The number of nitrogens with two attached hydrogens (primary N) is 1. The Balaban J connectivity index is 3.10. The molecule has 8 nitrogen and oxygen atoms in total. The highest BCUT2D eigenvalue weighted by molar-refractivity contribution is 6.00. The third-order valence-corrected chi connectivity index (χ3v) is 2.73. The fourth-order valence-electron chi connectivity index (χ4n) is 1.66. The van der Waals surface area contributed by atoms with Crippen LogP contribution in [0.5, 0.6) is 0 Å². The number of esters is 2. The third kappa shape index (κ3) is 4.54. The number of ether oxygens (including phenoxy) is 3. The Morgan fingerprint density at radius 3 is 1.95 bits per heavy atom. The fraction of sp³-hybridized carbons (Fsp3) is 0.357. The van der Waals surface area contributed by atoms with Crippen molar-refractivity contribution < 1.29 is 28.6 Å². The molecule has 0 spiro atoms. The van der Waals surface area contributed by atoms with Gasteiger partial charge < -0.3 is 25.3 Å². The second-order valence-corrected chi connectivity index (χ2v) is 4.33. The van der Waals surface area contributed by atoms with Crippen molar-refractivity contribution in [3.8, 4) is 0 Å². The summed E-state index contributed by atoms with van der Waals surface area (Å²) in [5.74, 6) is -1.82. The molecule has 0 radical (unpaired) electrons. The van der Waals surface area contributed by atoms with Gasteiger partial charge >= 0.3 is 11.9 Å². The van der Waals surface area contributed by atoms with Gasteiger partial charge in [0.25, 0.3) is 0 Å². The van der Waals surface area contributed by atoms with Crippen molar-refractivity contribution in [3.05, 3.63) is 29.3 Å². The van der Waals surface area contributed by atoms with Crippen LogP contribution in [0.4, 0.5) is 5.69 Å². The van der Waals surface area contributed by atoms with E-state index in [1.807, 2.05) is 0 Å². The minimum Gasteiger partial charge on any atom is -0.465 e. The molecule has 1 aromatic carbocycles. The van der Waals surface area contributed by atoms with Crippen molar-refractivity contribution >= 4 is 23.5 Å². The molecule has 1 aromatic rings. The van der Waals surface area contributed by atoms with Gasteiger partial charge in [0.2, 0.25) is 5.91 Å². The van der Waals surface area contributed by atoms with Crippen LogP contribution in [0, 0.1) is 0 Å². The van der Waals surface area contributed by atoms with Crippen LogP contribution >= 0.6 is 0 Å². The molecular formula is C14H18N2O6. The maximum Gasteiger partial charge on any atom is 0.337 e. The molecule has 1 rings (SSSR count). The summed E-state index contributed by atoms with van der Waals surface area (Å²) in [5.41, 5.74) is 6.02. The monoisotopic (exact) mass is 310 g/mol. The van der Waals surface area contributed by atoms with E-state index in [4.69, 9.17) is 10.5 Å². The van der Waals surface area contributed by atoms with E-state index in [0.717, 1.165) is 0 Å². The van der Waals surface area contributed by atoms with Gasteiger partial charge in [-0.05, 0) is 18.2 Å². The lowest BCUT2D eigenvalue weighted by Gasteiger charge is -2.13. The van der Waals surface area contributed by atoms with Crippen LogP contribution in [0.1, 0.15) is 20.7 Å². The van der Waals surface area contributed by atoms with Crippen molar-refractivity contribution in [3.63, 3.8) is 0 Å². The summed E-state index contributed by atoms with van der Waals surface area (Å²) in [6, 6.07) is 3.17. The number of benzene rings is 1. The van der Waals surface area contributed by atoms with Gasteiger partial charge in [-0.3, -0.25) is 4.79 Å². The minimum atomic E-state index is -0.881. The van der Waals surface area contributed by atoms with Crippen LogP contribution in [0.25, 0.3) is 0 Å². The lowest BCUT2D eigenvalue weighted by molar-refractivity contribution is -0.118. The van der Waals surface area contributed by atoms with Gasteiger partial charge in [-0.15, -0.1) is 0 Å². The Kier molecular flexibility index (Phi) is 6.48. The van der Waals surface area contributed by atoms with E-state index in [9.17, 15) is 14.4 Å². The molecule has 0 bridgehead atoms. The predicted octanol–water partition coefficient (Wildman–Crippen LogP) is 0.172. The average molecular weight is 310 g/mol. The number of hydrogen-bond acceptors (Lipinski definition) is 7. The van der Waals surface area contributed by atoms with Crippen molar-refractivity contribution in [2.75, 3.05) is 33.3 Å². The van der Waals surface area contributed by atoms with Crippen LogP contribution in [0.3, 0.4) is 0 Å². The molecule has 0 aliphatic heterocycles. The molecule has 1 atom stereocenters. The van der Waals surface area contributed by atoms with Crippen LogP contribution < -0.4 is 11.1 Å². The van der Waals surface area contributed by atoms with Gasteiger partial charge in [0.1, 0.15) is 6.04 Å². The molecule has 3 N–H and O–H groups in total. The second-order valence-electron chi connectivity index (χ2n) is 4.33. The highest BCUT2D eigenvalue weighted by Gasteiger charge is 2.17. The largest absolute Gasteiger partial charge is 0.465 e. The third-order valence-electron chi connectivity index (χ3n) is 2.73. The lowest BCUT2D eigenvalue weighted by atomic mass is 10.1. The number of methoxy groups -OCH3 is 3. The smallest absolute Gasteiger partial charge is 0.337 e. The summed E-state index contributed by atoms with van der Waals surface area (Å²) in [4.78, 5) is 35.1. The zero-order valence-electron chi connectivity index (χ0n) is 12.5. The SMILES string of the molecule is COCC(N)C(=O)Nc1cc(C(=O)OC)cc(C(=O)OC)c1. The summed E-state index contributed by atoms with van der Waals surface area (Å²) in [6.45, 7) is 0.0341. The van der Waals surface area contributed by atoms with Crippen molar-refractivity contribution in [1.82, 2.24) is 0 Å². The van der Waals surface area contributed by atoms with Gasteiger partial charge in [-0.2, -0.15) is 0 Å². The van der Waals surface area contributed by atoms with Crippen LogP contribution in [-0.4, -0.2) is 51.8 Å². The quantitative estimate of drug-likeness (QED) is 0.719. The Hall–Kier alpha value is -2.45. The number of carbonyl (C=O) groups excluding carboxylic acids is 3. The van der Waals surface area contributed by atoms with E-state index in [2.05, 4.69) is 14.8 Å². The summed E-state index contributed by atoms with van der Waals surface area (Å²) < 4.78 is 14.0. The zero-order valence-corrected chi connectivity index (χ0v) is 12.5. The van der Waals surface area contributed by atoms with E-state index >= 15 is 0 Å². The van der Waals surface area contributed by atoms with Gasteiger partial charge in [-0.25, -0.2) is 9.59 Å². The Morgan fingerprint density at radius 1 is 1.05 bits per heavy atom. The van der Waals surface area contributed by atoms with Crippen molar-refractivity contribution in [2.24, 2.45) is 5.73 Å². The molecule has 0 aromatic heterocycles. The fourth-order valence-corrected chi connectivity index (χ4v) is 1.66. The Bertz CT molecular complexity index is 538. The first kappa shape index (κ1) is 17.6. The van der Waals surface area contributed by atoms with E-state index in [-0.39, 0.29) is 23.4 Å². The van der Waals surface area contributed by atoms with Gasteiger partial charge in [0.15, 0.2) is 0 Å². The number of hydrogen-bond donors (Lipinski definition) is 2. The maximum absolute atomic E-state index is 11.9. The summed E-state index contributed by atoms with van der Waals surface area (Å²) in [5, 5.41) is 2.51. The molecule has 0 aliphatic rings. The first-order valence-electron chi connectivity index (χ1n) is 6.30. The molecule has 120 valence electrons. The molecule has 0 heterocycles. The van der Waals surface area contributed by atoms with E-state index < -0.39 is 23.9 Å². The molecular weight excluding hydrogens is 292 g/mol. The number of anilines is 1. The molecule has 1 unspecified atom stereocenters. The van der Waals surface area contributed by atoms with Gasteiger partial charge in [-0.1, -0.05) is 0 Å². The molecule has 22 heavy (non-hydrogen) atoms. The molecule has 8 heteroatoms. The Labute approximate surface area is 127 Å². The van der Waals surface area contributed by atoms with E-state index in [0.29, 0.717) is 0 Å². The second kappa shape index (κ2) is 8.11. The molecule has 0 saturated heterocycles. The number of nitrogens with one attached hydrogen (secondary N) is 1. The van der Waals surface area contributed by atoms with Gasteiger partial charge in [0.05, 0.1) is 32.0 Å². The first-order chi connectivity index (χ1) is 10.4. The summed E-state index contributed by atoms with van der Waals surface area (Å²) in [6.07, 6.45) is 0. The normalized spacial score (nSPS) is 11.5. The summed E-state index contributed by atoms with van der Waals surface area (Å²) in [7, 11) is 3.83. The first-order valence-corrected chi connectivity index (χ1v) is 6.30. The van der Waals surface area contributed by atoms with Crippen LogP contribution in [-0.2, 0) is 19.0 Å². The minimum absolute atomic E-state index is 0.0341. The highest BCUT2D eigenvalue weighted by Crippen LogP contribution is 2.17. The maximum atomic E-state index is 11.9. The molecule has 0 fully saturated rings. The number of rotatable bonds is 6. The van der Waals surface area contributed by atoms with Crippen LogP contribution in [0.15, 0.2) is 18.2 Å². The van der Waals surface area contributed by atoms with E-state index in [1.54, 1.807) is 0 Å². The van der Waals surface area contributed by atoms with Gasteiger partial charge in [0, 0.05) is 12.8 Å². The zero-order chi connectivity index (χ0) is 16.7. The van der Waals surface area contributed by atoms with Crippen molar-refractivity contribution in [1.29, 1.82) is 0 Å². The summed E-state index contributed by atoms with van der Waals surface area (Å²) >= 11 is 0. The van der Waals surface area contributed by atoms with Crippen molar-refractivity contribution in [2.45, 2.75) is 6.04 Å². The van der Waals surface area contributed by atoms with E-state index in [1.165, 1.54) is 39.5 Å². The topological polar surface area (TPSA) is 117 Å². The standard InChI is InChI=1S/C14H18N2O6/c1-20-7-11(15)12(17)16-10-5-8(13(18)21-2)4-9(6-10)14(19)22-3/h4-6,11H,7,15H2,1-3H3,(H,16,17). The molecule has 0 aliphatic carbocycles.